The van der Waals surface area contributed by atoms with Gasteiger partial charge in [0.1, 0.15) is 18.5 Å². The van der Waals surface area contributed by atoms with Crippen LogP contribution < -0.4 is 10.1 Å². The summed E-state index contributed by atoms with van der Waals surface area (Å²) < 4.78 is 5.75. The van der Waals surface area contributed by atoms with Crippen LogP contribution in [0.5, 0.6) is 5.75 Å². The van der Waals surface area contributed by atoms with Gasteiger partial charge >= 0.3 is 0 Å². The number of ether oxygens (including phenoxy) is 1. The summed E-state index contributed by atoms with van der Waals surface area (Å²) in [5, 5.41) is 13.0. The van der Waals surface area contributed by atoms with Crippen molar-refractivity contribution in [2.24, 2.45) is 0 Å². The molecule has 1 aliphatic carbocycles. The lowest BCUT2D eigenvalue weighted by molar-refractivity contribution is 0.104. The highest BCUT2D eigenvalue weighted by Crippen LogP contribution is 2.30. The molecule has 100 valence electrons. The molecule has 0 aliphatic heterocycles. The van der Waals surface area contributed by atoms with Crippen molar-refractivity contribution >= 4 is 0 Å². The second-order valence-electron chi connectivity index (χ2n) is 5.28. The van der Waals surface area contributed by atoms with Crippen molar-refractivity contribution in [3.8, 4) is 5.75 Å². The highest BCUT2D eigenvalue weighted by atomic mass is 16.5. The van der Waals surface area contributed by atoms with Crippen molar-refractivity contribution in [3.63, 3.8) is 0 Å². The Morgan fingerprint density at radius 1 is 1.33 bits per heavy atom. The van der Waals surface area contributed by atoms with Crippen LogP contribution in [0.4, 0.5) is 0 Å². The number of rotatable bonds is 6. The molecule has 0 fully saturated rings. The summed E-state index contributed by atoms with van der Waals surface area (Å²) in [6, 6.07) is 6.61. The molecule has 0 heterocycles. The van der Waals surface area contributed by atoms with Crippen molar-refractivity contribution in [2.75, 3.05) is 13.2 Å². The summed E-state index contributed by atoms with van der Waals surface area (Å²) in [6.07, 6.45) is 3.02. The largest absolute Gasteiger partial charge is 0.491 e. The Morgan fingerprint density at radius 2 is 2.17 bits per heavy atom. The summed E-state index contributed by atoms with van der Waals surface area (Å²) in [6.45, 7) is 5.07. The lowest BCUT2D eigenvalue weighted by Crippen LogP contribution is -2.35. The molecule has 0 bridgehead atoms. The molecule has 0 aromatic heterocycles. The predicted molar refractivity (Wildman–Crippen MR) is 73.1 cm³/mol. The minimum absolute atomic E-state index is 0.357. The molecule has 2 N–H and O–H groups in total. The molecule has 3 nitrogen and oxygen atoms in total. The van der Waals surface area contributed by atoms with Crippen LogP contribution in [0.3, 0.4) is 0 Å². The molecule has 0 amide bonds. The number of nitrogens with one attached hydrogen (secondary N) is 1. The summed E-state index contributed by atoms with van der Waals surface area (Å²) in [5.41, 5.74) is 2.74. The average Bonchev–Trinajstić information content (AvgIpc) is 2.82. The summed E-state index contributed by atoms with van der Waals surface area (Å²) in [5.74, 6) is 0.952. The van der Waals surface area contributed by atoms with Gasteiger partial charge in [-0.15, -0.1) is 0 Å². The lowest BCUT2D eigenvalue weighted by Gasteiger charge is -2.16. The maximum absolute atomic E-state index is 9.82. The molecule has 1 aromatic carbocycles. The van der Waals surface area contributed by atoms with E-state index >= 15 is 0 Å². The van der Waals surface area contributed by atoms with E-state index in [1.807, 2.05) is 12.1 Å². The van der Waals surface area contributed by atoms with E-state index < -0.39 is 6.10 Å². The standard InChI is InChI=1S/C15H23NO2/c1-11(2)16-9-13(17)10-18-15-8-4-6-12-5-3-7-14(12)15/h4,6,8,11,13,16-17H,3,5,7,9-10H2,1-2H3/t13-/m0/s1. The molecule has 0 unspecified atom stereocenters. The third-order valence-electron chi connectivity index (χ3n) is 3.30. The normalized spacial score (nSPS) is 15.8. The van der Waals surface area contributed by atoms with E-state index in [0.29, 0.717) is 19.2 Å². The molecular formula is C15H23NO2. The molecule has 0 spiro atoms. The summed E-state index contributed by atoms with van der Waals surface area (Å²) in [7, 11) is 0. The minimum Gasteiger partial charge on any atom is -0.491 e. The molecular weight excluding hydrogens is 226 g/mol. The third-order valence-corrected chi connectivity index (χ3v) is 3.30. The van der Waals surface area contributed by atoms with E-state index in [1.165, 1.54) is 17.5 Å². The first-order valence-electron chi connectivity index (χ1n) is 6.82. The maximum Gasteiger partial charge on any atom is 0.122 e. The Kier molecular flexibility index (Phi) is 4.61. The number of hydrogen-bond donors (Lipinski definition) is 2. The van der Waals surface area contributed by atoms with Gasteiger partial charge in [-0.2, -0.15) is 0 Å². The van der Waals surface area contributed by atoms with Crippen molar-refractivity contribution in [3.05, 3.63) is 29.3 Å². The van der Waals surface area contributed by atoms with Crippen molar-refractivity contribution < 1.29 is 9.84 Å². The van der Waals surface area contributed by atoms with Gasteiger partial charge < -0.3 is 15.2 Å². The van der Waals surface area contributed by atoms with Crippen LogP contribution in [0.25, 0.3) is 0 Å². The number of aliphatic hydroxyl groups is 1. The van der Waals surface area contributed by atoms with Crippen LogP contribution >= 0.6 is 0 Å². The van der Waals surface area contributed by atoms with Crippen molar-refractivity contribution in [1.82, 2.24) is 5.32 Å². The van der Waals surface area contributed by atoms with Gasteiger partial charge in [0, 0.05) is 12.6 Å². The van der Waals surface area contributed by atoms with Crippen LogP contribution in [0.15, 0.2) is 18.2 Å². The monoisotopic (exact) mass is 249 g/mol. The van der Waals surface area contributed by atoms with Gasteiger partial charge in [0.2, 0.25) is 0 Å². The number of benzene rings is 1. The quantitative estimate of drug-likeness (QED) is 0.809. The number of aryl methyl sites for hydroxylation is 1. The Balaban J connectivity index is 1.85. The predicted octanol–water partition coefficient (Wildman–Crippen LogP) is 1.91. The fourth-order valence-electron chi connectivity index (χ4n) is 2.34. The van der Waals surface area contributed by atoms with E-state index in [1.54, 1.807) is 0 Å². The summed E-state index contributed by atoms with van der Waals surface area (Å²) >= 11 is 0. The lowest BCUT2D eigenvalue weighted by atomic mass is 10.1. The van der Waals surface area contributed by atoms with E-state index in [2.05, 4.69) is 25.2 Å². The highest BCUT2D eigenvalue weighted by Gasteiger charge is 2.16. The van der Waals surface area contributed by atoms with Gasteiger partial charge in [0.15, 0.2) is 0 Å². The number of hydrogen-bond acceptors (Lipinski definition) is 3. The fourth-order valence-corrected chi connectivity index (χ4v) is 2.34. The summed E-state index contributed by atoms with van der Waals surface area (Å²) in [4.78, 5) is 0. The van der Waals surface area contributed by atoms with Crippen LogP contribution in [0, 0.1) is 0 Å². The fraction of sp³-hybridized carbons (Fsp3) is 0.600. The van der Waals surface area contributed by atoms with Gasteiger partial charge in [0.05, 0.1) is 0 Å². The highest BCUT2D eigenvalue weighted by molar-refractivity contribution is 5.42. The van der Waals surface area contributed by atoms with Gasteiger partial charge in [-0.25, -0.2) is 0 Å². The molecule has 1 aliphatic rings. The van der Waals surface area contributed by atoms with Crippen molar-refractivity contribution in [1.29, 1.82) is 0 Å². The number of fused-ring (bicyclic) bond motifs is 1. The Labute approximate surface area is 109 Å². The van der Waals surface area contributed by atoms with Gasteiger partial charge in [-0.05, 0) is 36.5 Å². The van der Waals surface area contributed by atoms with Crippen LogP contribution in [0.2, 0.25) is 0 Å². The SMILES string of the molecule is CC(C)NC[C@H](O)COc1cccc2c1CCC2. The van der Waals surface area contributed by atoms with Crippen LogP contribution in [-0.2, 0) is 12.8 Å². The van der Waals surface area contributed by atoms with Crippen LogP contribution in [-0.4, -0.2) is 30.4 Å². The van der Waals surface area contributed by atoms with E-state index in [4.69, 9.17) is 4.74 Å². The molecule has 3 heteroatoms. The van der Waals surface area contributed by atoms with Gasteiger partial charge in [-0.3, -0.25) is 0 Å². The molecule has 0 radical (unpaired) electrons. The first-order chi connectivity index (χ1) is 8.66. The third kappa shape index (κ3) is 3.47. The Hall–Kier alpha value is -1.06. The Morgan fingerprint density at radius 3 is 2.94 bits per heavy atom. The number of aliphatic hydroxyl groups excluding tert-OH is 1. The molecule has 18 heavy (non-hydrogen) atoms. The van der Waals surface area contributed by atoms with E-state index in [9.17, 15) is 5.11 Å². The smallest absolute Gasteiger partial charge is 0.122 e. The zero-order valence-electron chi connectivity index (χ0n) is 11.3. The molecule has 2 rings (SSSR count). The zero-order chi connectivity index (χ0) is 13.0. The second kappa shape index (κ2) is 6.21. The topological polar surface area (TPSA) is 41.5 Å². The van der Waals surface area contributed by atoms with E-state index in [-0.39, 0.29) is 0 Å². The van der Waals surface area contributed by atoms with Crippen molar-refractivity contribution in [2.45, 2.75) is 45.3 Å². The van der Waals surface area contributed by atoms with Crippen LogP contribution in [0.1, 0.15) is 31.4 Å². The first kappa shape index (κ1) is 13.4. The molecule has 0 saturated heterocycles. The van der Waals surface area contributed by atoms with Gasteiger partial charge in [0.25, 0.3) is 0 Å². The molecule has 0 saturated carbocycles. The first-order valence-corrected chi connectivity index (χ1v) is 6.82. The second-order valence-corrected chi connectivity index (χ2v) is 5.28. The van der Waals surface area contributed by atoms with Gasteiger partial charge in [-0.1, -0.05) is 26.0 Å². The average molecular weight is 249 g/mol. The molecule has 1 atom stereocenters. The Bertz CT molecular complexity index is 390. The maximum atomic E-state index is 9.82. The minimum atomic E-state index is -0.454. The molecule has 1 aromatic rings. The van der Waals surface area contributed by atoms with E-state index in [0.717, 1.165) is 18.6 Å². The zero-order valence-corrected chi connectivity index (χ0v) is 11.3.